The van der Waals surface area contributed by atoms with Crippen molar-refractivity contribution >= 4 is 23.6 Å². The Balaban J connectivity index is 0.00000436. The molecule has 174 valence electrons. The second-order valence-electron chi connectivity index (χ2n) is 7.31. The number of benzene rings is 1. The molecular weight excluding hydrogens is 396 g/mol. The molecule has 1 aromatic rings. The van der Waals surface area contributed by atoms with Crippen molar-refractivity contribution in [3.63, 3.8) is 0 Å². The molecule has 3 N–H and O–H groups in total. The summed E-state index contributed by atoms with van der Waals surface area (Å²) in [5.74, 6) is -1.63. The lowest BCUT2D eigenvalue weighted by Gasteiger charge is -2.15. The third kappa shape index (κ3) is 14.9. The van der Waals surface area contributed by atoms with Gasteiger partial charge in [0, 0.05) is 19.4 Å². The van der Waals surface area contributed by atoms with Crippen molar-refractivity contribution < 1.29 is 24.3 Å². The Morgan fingerprint density at radius 3 is 2.13 bits per heavy atom. The molecule has 0 aliphatic carbocycles. The van der Waals surface area contributed by atoms with Gasteiger partial charge in [-0.2, -0.15) is 0 Å². The van der Waals surface area contributed by atoms with Crippen molar-refractivity contribution in [2.75, 3.05) is 6.54 Å². The monoisotopic (exact) mass is 434 g/mol. The molecule has 7 nitrogen and oxygen atoms in total. The number of rotatable bonds is 14. The minimum atomic E-state index is -1.05. The minimum Gasteiger partial charge on any atom is -0.481 e. The Morgan fingerprint density at radius 1 is 0.903 bits per heavy atom. The molecule has 1 unspecified atom stereocenters. The highest BCUT2D eigenvalue weighted by molar-refractivity contribution is 5.88. The maximum absolute atomic E-state index is 11.9. The maximum Gasteiger partial charge on any atom is 0.303 e. The first-order valence-corrected chi connectivity index (χ1v) is 11.1. The van der Waals surface area contributed by atoms with E-state index in [1.807, 2.05) is 20.8 Å². The summed E-state index contributed by atoms with van der Waals surface area (Å²) in [7, 11) is 0. The summed E-state index contributed by atoms with van der Waals surface area (Å²) >= 11 is 0. The number of carbonyl (C=O) groups excluding carboxylic acids is 3. The number of amides is 2. The number of hydrogen-bond donors (Lipinski definition) is 3. The van der Waals surface area contributed by atoms with E-state index in [9.17, 15) is 19.2 Å². The Kier molecular flexibility index (Phi) is 15.5. The highest BCUT2D eigenvalue weighted by Crippen LogP contribution is 2.07. The van der Waals surface area contributed by atoms with Crippen LogP contribution in [0.25, 0.3) is 0 Å². The number of aryl methyl sites for hydroxylation is 2. The highest BCUT2D eigenvalue weighted by Gasteiger charge is 2.17. The predicted molar refractivity (Wildman–Crippen MR) is 122 cm³/mol. The summed E-state index contributed by atoms with van der Waals surface area (Å²) in [4.78, 5) is 45.7. The van der Waals surface area contributed by atoms with Gasteiger partial charge in [-0.1, -0.05) is 43.7 Å². The Bertz CT molecular complexity index is 686. The fourth-order valence-corrected chi connectivity index (χ4v) is 2.86. The molecule has 0 saturated carbocycles. The first-order valence-electron chi connectivity index (χ1n) is 11.1. The van der Waals surface area contributed by atoms with Gasteiger partial charge in [-0.25, -0.2) is 0 Å². The molecule has 0 spiro atoms. The highest BCUT2D eigenvalue weighted by atomic mass is 16.4. The lowest BCUT2D eigenvalue weighted by atomic mass is 10.1. The van der Waals surface area contributed by atoms with Gasteiger partial charge in [0.05, 0.1) is 12.5 Å². The molecule has 1 aromatic carbocycles. The van der Waals surface area contributed by atoms with Crippen molar-refractivity contribution in [2.45, 2.75) is 85.1 Å². The van der Waals surface area contributed by atoms with E-state index in [-0.39, 0.29) is 24.5 Å². The van der Waals surface area contributed by atoms with Crippen LogP contribution in [0.15, 0.2) is 24.3 Å². The third-order valence-electron chi connectivity index (χ3n) is 4.62. The maximum atomic E-state index is 11.9. The normalized spacial score (nSPS) is 11.0. The minimum absolute atomic E-state index is 0.0159. The van der Waals surface area contributed by atoms with Gasteiger partial charge in [0.1, 0.15) is 0 Å². The van der Waals surface area contributed by atoms with Crippen molar-refractivity contribution in [1.82, 2.24) is 10.6 Å². The van der Waals surface area contributed by atoms with E-state index in [2.05, 4.69) is 34.9 Å². The number of ketones is 1. The standard InChI is InChI=1S/C22H32N2O5.C2H6/c1-16-9-11-18(12-10-16)6-5-8-20(26)23-15-4-3-7-19(17(2)25)24-21(27)13-14-22(28)29;1-2/h9-12,19H,3-8,13-15H2,1-2H3,(H,23,26)(H,24,27)(H,28,29);1-2H3. The van der Waals surface area contributed by atoms with Gasteiger partial charge >= 0.3 is 5.97 Å². The van der Waals surface area contributed by atoms with E-state index in [4.69, 9.17) is 5.11 Å². The summed E-state index contributed by atoms with van der Waals surface area (Å²) in [5.41, 5.74) is 2.45. The molecule has 1 rings (SSSR count). The van der Waals surface area contributed by atoms with Crippen LogP contribution in [0.2, 0.25) is 0 Å². The van der Waals surface area contributed by atoms with Crippen LogP contribution in [-0.4, -0.2) is 41.3 Å². The van der Waals surface area contributed by atoms with Crippen molar-refractivity contribution in [3.05, 3.63) is 35.4 Å². The number of nitrogens with one attached hydrogen (secondary N) is 2. The van der Waals surface area contributed by atoms with E-state index < -0.39 is 17.9 Å². The second kappa shape index (κ2) is 17.0. The van der Waals surface area contributed by atoms with Crippen molar-refractivity contribution in [1.29, 1.82) is 0 Å². The zero-order valence-electron chi connectivity index (χ0n) is 19.3. The largest absolute Gasteiger partial charge is 0.481 e. The van der Waals surface area contributed by atoms with Crippen LogP contribution >= 0.6 is 0 Å². The molecule has 1 atom stereocenters. The number of carboxylic acid groups (broad SMARTS) is 1. The summed E-state index contributed by atoms with van der Waals surface area (Å²) in [5, 5.41) is 14.0. The molecule has 0 saturated heterocycles. The molecule has 0 fully saturated rings. The van der Waals surface area contributed by atoms with E-state index in [0.717, 1.165) is 12.8 Å². The number of Topliss-reactive ketones (excluding diaryl/α,β-unsaturated/α-hetero) is 1. The van der Waals surface area contributed by atoms with Gasteiger partial charge in [0.2, 0.25) is 11.8 Å². The SMILES string of the molecule is CC.CC(=O)C(CCCCNC(=O)CCCc1ccc(C)cc1)NC(=O)CCC(=O)O. The van der Waals surface area contributed by atoms with E-state index in [1.54, 1.807) is 0 Å². The zero-order valence-corrected chi connectivity index (χ0v) is 19.3. The van der Waals surface area contributed by atoms with Crippen LogP contribution in [0.1, 0.15) is 76.8 Å². The third-order valence-corrected chi connectivity index (χ3v) is 4.62. The fourth-order valence-electron chi connectivity index (χ4n) is 2.86. The van der Waals surface area contributed by atoms with E-state index in [0.29, 0.717) is 32.2 Å². The van der Waals surface area contributed by atoms with Gasteiger partial charge in [0.15, 0.2) is 5.78 Å². The lowest BCUT2D eigenvalue weighted by Crippen LogP contribution is -2.40. The fraction of sp³-hybridized carbons (Fsp3) is 0.583. The number of aliphatic carboxylic acids is 1. The summed E-state index contributed by atoms with van der Waals surface area (Å²) in [6.45, 7) is 7.97. The average molecular weight is 435 g/mol. The van der Waals surface area contributed by atoms with E-state index in [1.165, 1.54) is 18.1 Å². The van der Waals surface area contributed by atoms with Gasteiger partial charge < -0.3 is 15.7 Å². The second-order valence-corrected chi connectivity index (χ2v) is 7.31. The molecule has 2 amide bonds. The van der Waals surface area contributed by atoms with Crippen LogP contribution in [-0.2, 0) is 25.6 Å². The number of hydrogen-bond acceptors (Lipinski definition) is 4. The zero-order chi connectivity index (χ0) is 23.6. The summed E-state index contributed by atoms with van der Waals surface area (Å²) in [6, 6.07) is 7.69. The molecule has 0 aromatic heterocycles. The number of unbranched alkanes of at least 4 members (excludes halogenated alkanes) is 1. The predicted octanol–water partition coefficient (Wildman–Crippen LogP) is 3.57. The molecule has 0 heterocycles. The van der Waals surface area contributed by atoms with Crippen LogP contribution < -0.4 is 10.6 Å². The van der Waals surface area contributed by atoms with Gasteiger partial charge in [-0.3, -0.25) is 19.2 Å². The molecule has 0 aliphatic heterocycles. The van der Waals surface area contributed by atoms with Gasteiger partial charge in [0.25, 0.3) is 0 Å². The van der Waals surface area contributed by atoms with Gasteiger partial charge in [-0.05, 0) is 51.5 Å². The first kappa shape index (κ1) is 28.3. The average Bonchev–Trinajstić information content (AvgIpc) is 2.74. The Hall–Kier alpha value is -2.70. The smallest absolute Gasteiger partial charge is 0.303 e. The topological polar surface area (TPSA) is 113 Å². The van der Waals surface area contributed by atoms with Crippen LogP contribution in [0.4, 0.5) is 0 Å². The van der Waals surface area contributed by atoms with Crippen molar-refractivity contribution in [2.24, 2.45) is 0 Å². The molecule has 31 heavy (non-hydrogen) atoms. The molecule has 0 bridgehead atoms. The van der Waals surface area contributed by atoms with E-state index >= 15 is 0 Å². The van der Waals surface area contributed by atoms with Crippen LogP contribution in [0.3, 0.4) is 0 Å². The quantitative estimate of drug-likeness (QED) is 0.388. The Morgan fingerprint density at radius 2 is 1.55 bits per heavy atom. The lowest BCUT2D eigenvalue weighted by molar-refractivity contribution is -0.139. The number of carbonyl (C=O) groups is 4. The van der Waals surface area contributed by atoms with Gasteiger partial charge in [-0.15, -0.1) is 0 Å². The molecule has 7 heteroatoms. The molecule has 0 aliphatic rings. The van der Waals surface area contributed by atoms with Crippen LogP contribution in [0.5, 0.6) is 0 Å². The Labute approximate surface area is 186 Å². The number of carboxylic acids is 1. The van der Waals surface area contributed by atoms with Crippen LogP contribution in [0, 0.1) is 6.92 Å². The molecular formula is C24H38N2O5. The molecule has 0 radical (unpaired) electrons. The summed E-state index contributed by atoms with van der Waals surface area (Å²) in [6.07, 6.45) is 3.59. The first-order chi connectivity index (χ1) is 14.8. The van der Waals surface area contributed by atoms with Crippen molar-refractivity contribution in [3.8, 4) is 0 Å². The summed E-state index contributed by atoms with van der Waals surface area (Å²) < 4.78 is 0.